The first kappa shape index (κ1) is 18.8. The zero-order valence-corrected chi connectivity index (χ0v) is 14.0. The topological polar surface area (TPSA) is 106 Å². The van der Waals surface area contributed by atoms with Crippen LogP contribution in [-0.4, -0.2) is 43.5 Å². The van der Waals surface area contributed by atoms with E-state index in [9.17, 15) is 9.59 Å². The van der Waals surface area contributed by atoms with Crippen LogP contribution in [0.25, 0.3) is 0 Å². The third-order valence-corrected chi connectivity index (χ3v) is 3.09. The van der Waals surface area contributed by atoms with E-state index in [0.29, 0.717) is 22.8 Å². The Bertz CT molecular complexity index is 774. The first-order chi connectivity index (χ1) is 12.6. The molecule has 2 aromatic carbocycles. The number of aliphatic carboxylic acids is 1. The second-order valence-corrected chi connectivity index (χ2v) is 4.98. The van der Waals surface area contributed by atoms with Crippen molar-refractivity contribution >= 4 is 18.1 Å². The van der Waals surface area contributed by atoms with Crippen LogP contribution >= 0.6 is 0 Å². The van der Waals surface area contributed by atoms with Gasteiger partial charge in [0.05, 0.1) is 13.3 Å². The molecule has 2 rings (SSSR count). The van der Waals surface area contributed by atoms with Gasteiger partial charge in [-0.1, -0.05) is 12.1 Å². The Morgan fingerprint density at radius 2 is 1.73 bits per heavy atom. The van der Waals surface area contributed by atoms with E-state index in [2.05, 4.69) is 10.5 Å². The number of methoxy groups -OCH3 is 1. The number of hydrogen-bond acceptors (Lipinski definition) is 6. The quantitative estimate of drug-likeness (QED) is 0.522. The maximum atomic E-state index is 11.7. The molecule has 0 saturated carbocycles. The van der Waals surface area contributed by atoms with Gasteiger partial charge in [0, 0.05) is 5.56 Å². The molecule has 0 aliphatic heterocycles. The number of amides is 1. The highest BCUT2D eigenvalue weighted by molar-refractivity contribution is 5.85. The van der Waals surface area contributed by atoms with Crippen molar-refractivity contribution in [2.24, 2.45) is 5.10 Å². The van der Waals surface area contributed by atoms with E-state index in [1.165, 1.54) is 6.21 Å². The van der Waals surface area contributed by atoms with Gasteiger partial charge in [-0.2, -0.15) is 5.10 Å². The van der Waals surface area contributed by atoms with Crippen molar-refractivity contribution in [3.63, 3.8) is 0 Å². The zero-order valence-electron chi connectivity index (χ0n) is 14.0. The first-order valence-corrected chi connectivity index (χ1v) is 7.61. The van der Waals surface area contributed by atoms with Gasteiger partial charge in [-0.05, 0) is 36.4 Å². The highest BCUT2D eigenvalue weighted by atomic mass is 16.5. The summed E-state index contributed by atoms with van der Waals surface area (Å²) in [6.45, 7) is -0.673. The third kappa shape index (κ3) is 6.16. The molecule has 26 heavy (non-hydrogen) atoms. The van der Waals surface area contributed by atoms with Crippen molar-refractivity contribution in [3.05, 3.63) is 54.1 Å². The number of rotatable bonds is 9. The van der Waals surface area contributed by atoms with Crippen molar-refractivity contribution in [1.82, 2.24) is 5.43 Å². The van der Waals surface area contributed by atoms with Gasteiger partial charge >= 0.3 is 5.97 Å². The third-order valence-electron chi connectivity index (χ3n) is 3.09. The number of carbonyl (C=O) groups excluding carboxylic acids is 1. The van der Waals surface area contributed by atoms with Crippen LogP contribution in [0.15, 0.2) is 53.6 Å². The molecule has 0 saturated heterocycles. The number of carbonyl (C=O) groups is 2. The molecule has 0 spiro atoms. The average molecular weight is 358 g/mol. The molecule has 0 atom stereocenters. The highest BCUT2D eigenvalue weighted by Crippen LogP contribution is 2.17. The van der Waals surface area contributed by atoms with Crippen LogP contribution in [0.5, 0.6) is 17.2 Å². The maximum absolute atomic E-state index is 11.7. The minimum atomic E-state index is -1.08. The predicted molar refractivity (Wildman–Crippen MR) is 93.8 cm³/mol. The molecule has 0 aliphatic carbocycles. The Balaban J connectivity index is 1.83. The van der Waals surface area contributed by atoms with E-state index in [4.69, 9.17) is 19.3 Å². The van der Waals surface area contributed by atoms with E-state index in [-0.39, 0.29) is 6.61 Å². The Kier molecular flexibility index (Phi) is 6.99. The van der Waals surface area contributed by atoms with Gasteiger partial charge in [0.2, 0.25) is 0 Å². The lowest BCUT2D eigenvalue weighted by atomic mass is 10.2. The Labute approximate surface area is 150 Å². The van der Waals surface area contributed by atoms with Crippen molar-refractivity contribution in [2.45, 2.75) is 0 Å². The molecule has 2 aromatic rings. The Morgan fingerprint density at radius 1 is 1.04 bits per heavy atom. The molecule has 8 nitrogen and oxygen atoms in total. The molecular weight excluding hydrogens is 340 g/mol. The number of para-hydroxylation sites is 1. The fourth-order valence-corrected chi connectivity index (χ4v) is 1.89. The van der Waals surface area contributed by atoms with Crippen LogP contribution in [0.2, 0.25) is 0 Å². The molecule has 0 radical (unpaired) electrons. The van der Waals surface area contributed by atoms with Gasteiger partial charge in [0.25, 0.3) is 5.91 Å². The van der Waals surface area contributed by atoms with Gasteiger partial charge in [-0.15, -0.1) is 0 Å². The highest BCUT2D eigenvalue weighted by Gasteiger charge is 2.05. The number of nitrogens with one attached hydrogen (secondary N) is 1. The number of benzene rings is 2. The van der Waals surface area contributed by atoms with Crippen molar-refractivity contribution in [1.29, 1.82) is 0 Å². The summed E-state index contributed by atoms with van der Waals surface area (Å²) in [6, 6.07) is 13.6. The normalized spacial score (nSPS) is 10.3. The summed E-state index contributed by atoms with van der Waals surface area (Å²) in [5, 5.41) is 12.5. The number of ether oxygens (including phenoxy) is 3. The van der Waals surface area contributed by atoms with Crippen LogP contribution in [0.3, 0.4) is 0 Å². The molecular formula is C18H18N2O6. The summed E-state index contributed by atoms with van der Waals surface area (Å²) in [6.07, 6.45) is 1.36. The lowest BCUT2D eigenvalue weighted by molar-refractivity contribution is -0.139. The average Bonchev–Trinajstić information content (AvgIpc) is 2.66. The second kappa shape index (κ2) is 9.67. The summed E-state index contributed by atoms with van der Waals surface area (Å²) in [5.41, 5.74) is 2.86. The largest absolute Gasteiger partial charge is 0.497 e. The zero-order chi connectivity index (χ0) is 18.8. The van der Waals surface area contributed by atoms with Gasteiger partial charge in [0.1, 0.15) is 17.2 Å². The SMILES string of the molecule is COc1ccc(OCC(=O)NN=Cc2ccccc2OCC(=O)O)cc1. The van der Waals surface area contributed by atoms with Gasteiger partial charge < -0.3 is 19.3 Å². The van der Waals surface area contributed by atoms with Crippen LogP contribution in [-0.2, 0) is 9.59 Å². The van der Waals surface area contributed by atoms with E-state index in [1.807, 2.05) is 0 Å². The Hall–Kier alpha value is -3.55. The van der Waals surface area contributed by atoms with Gasteiger partial charge in [-0.25, -0.2) is 10.2 Å². The summed E-state index contributed by atoms with van der Waals surface area (Å²) >= 11 is 0. The molecule has 0 aliphatic rings. The minimum absolute atomic E-state index is 0.208. The molecule has 0 unspecified atom stereocenters. The second-order valence-electron chi connectivity index (χ2n) is 4.98. The summed E-state index contributed by atoms with van der Waals surface area (Å²) in [5.74, 6) is 0.0386. The van der Waals surface area contributed by atoms with Crippen molar-refractivity contribution < 1.29 is 28.9 Å². The minimum Gasteiger partial charge on any atom is -0.497 e. The maximum Gasteiger partial charge on any atom is 0.341 e. The number of carboxylic acids is 1. The van der Waals surface area contributed by atoms with Crippen molar-refractivity contribution in [3.8, 4) is 17.2 Å². The Morgan fingerprint density at radius 3 is 2.42 bits per heavy atom. The van der Waals surface area contributed by atoms with E-state index >= 15 is 0 Å². The number of nitrogens with zero attached hydrogens (tertiary/aromatic N) is 1. The summed E-state index contributed by atoms with van der Waals surface area (Å²) < 4.78 is 15.5. The molecule has 0 bridgehead atoms. The first-order valence-electron chi connectivity index (χ1n) is 7.61. The van der Waals surface area contributed by atoms with Crippen LogP contribution in [0.1, 0.15) is 5.56 Å². The summed E-state index contributed by atoms with van der Waals surface area (Å²) in [4.78, 5) is 22.3. The molecule has 0 heterocycles. The molecule has 8 heteroatoms. The van der Waals surface area contributed by atoms with Gasteiger partial charge in [0.15, 0.2) is 13.2 Å². The van der Waals surface area contributed by atoms with Crippen molar-refractivity contribution in [2.75, 3.05) is 20.3 Å². The van der Waals surface area contributed by atoms with Crippen LogP contribution < -0.4 is 19.6 Å². The van der Waals surface area contributed by atoms with E-state index < -0.39 is 18.5 Å². The molecule has 0 fully saturated rings. The standard InChI is InChI=1S/C18H18N2O6/c1-24-14-6-8-15(9-7-14)25-11-17(21)20-19-10-13-4-2-3-5-16(13)26-12-18(22)23/h2-10H,11-12H2,1H3,(H,20,21)(H,22,23). The number of hydrazone groups is 1. The fraction of sp³-hybridized carbons (Fsp3) is 0.167. The fourth-order valence-electron chi connectivity index (χ4n) is 1.89. The monoisotopic (exact) mass is 358 g/mol. The van der Waals surface area contributed by atoms with E-state index in [1.54, 1.807) is 55.6 Å². The molecule has 1 amide bonds. The number of hydrogen-bond donors (Lipinski definition) is 2. The predicted octanol–water partition coefficient (Wildman–Crippen LogP) is 1.69. The smallest absolute Gasteiger partial charge is 0.341 e. The molecule has 2 N–H and O–H groups in total. The lowest BCUT2D eigenvalue weighted by Crippen LogP contribution is -2.24. The number of carboxylic acid groups (broad SMARTS) is 1. The summed E-state index contributed by atoms with van der Waals surface area (Å²) in [7, 11) is 1.56. The van der Waals surface area contributed by atoms with E-state index in [0.717, 1.165) is 0 Å². The van der Waals surface area contributed by atoms with Crippen LogP contribution in [0.4, 0.5) is 0 Å². The molecule has 0 aromatic heterocycles. The molecule has 136 valence electrons. The lowest BCUT2D eigenvalue weighted by Gasteiger charge is -2.07. The van der Waals surface area contributed by atoms with Gasteiger partial charge in [-0.3, -0.25) is 4.79 Å². The van der Waals surface area contributed by atoms with Crippen LogP contribution in [0, 0.1) is 0 Å².